The van der Waals surface area contributed by atoms with Crippen molar-refractivity contribution in [2.45, 2.75) is 44.8 Å². The van der Waals surface area contributed by atoms with E-state index in [0.717, 1.165) is 31.8 Å². The molecule has 1 aromatic rings. The molecule has 0 bridgehead atoms. The first-order valence-electron chi connectivity index (χ1n) is 7.14. The smallest absolute Gasteiger partial charge is 0.119 e. The van der Waals surface area contributed by atoms with Gasteiger partial charge in [-0.05, 0) is 50.3 Å². The number of benzene rings is 1. The van der Waals surface area contributed by atoms with Crippen molar-refractivity contribution < 1.29 is 9.47 Å². The molecule has 1 unspecified atom stereocenters. The summed E-state index contributed by atoms with van der Waals surface area (Å²) in [4.78, 5) is 0. The third-order valence-corrected chi connectivity index (χ3v) is 3.30. The number of nitrogens with one attached hydrogen (secondary N) is 1. The third-order valence-electron chi connectivity index (χ3n) is 3.30. The Hall–Kier alpha value is -1.10. The second kappa shape index (κ2) is 7.48. The van der Waals surface area contributed by atoms with Crippen LogP contribution in [0.25, 0.3) is 0 Å². The van der Waals surface area contributed by atoms with Gasteiger partial charge in [-0.25, -0.2) is 0 Å². The van der Waals surface area contributed by atoms with Gasteiger partial charge in [0.2, 0.25) is 0 Å². The van der Waals surface area contributed by atoms with Crippen LogP contribution in [-0.2, 0) is 4.74 Å². The first kappa shape index (κ1) is 14.3. The molecule has 106 valence electrons. The van der Waals surface area contributed by atoms with E-state index >= 15 is 0 Å². The summed E-state index contributed by atoms with van der Waals surface area (Å²) in [5.41, 5.74) is 4.07. The molecule has 1 aliphatic carbocycles. The zero-order valence-corrected chi connectivity index (χ0v) is 11.6. The summed E-state index contributed by atoms with van der Waals surface area (Å²) in [6, 6.07) is 8.41. The number of rotatable bonds is 9. The number of hydrazine groups is 1. The molecule has 1 aromatic carbocycles. The summed E-state index contributed by atoms with van der Waals surface area (Å²) in [6.07, 6.45) is 4.79. The van der Waals surface area contributed by atoms with Gasteiger partial charge in [0.15, 0.2) is 0 Å². The average molecular weight is 264 g/mol. The molecule has 0 saturated heterocycles. The van der Waals surface area contributed by atoms with E-state index in [1.165, 1.54) is 18.4 Å². The van der Waals surface area contributed by atoms with E-state index in [1.54, 1.807) is 0 Å². The van der Waals surface area contributed by atoms with E-state index in [0.29, 0.717) is 6.10 Å². The SMILES string of the molecule is CCOCCCC(NN)c1ccc(OC2CC2)cc1. The van der Waals surface area contributed by atoms with Crippen LogP contribution in [0.2, 0.25) is 0 Å². The minimum atomic E-state index is 0.176. The van der Waals surface area contributed by atoms with Crippen LogP contribution in [0.4, 0.5) is 0 Å². The summed E-state index contributed by atoms with van der Waals surface area (Å²) >= 11 is 0. The molecule has 0 heterocycles. The molecule has 0 radical (unpaired) electrons. The van der Waals surface area contributed by atoms with E-state index < -0.39 is 0 Å². The number of nitrogens with two attached hydrogens (primary N) is 1. The minimum absolute atomic E-state index is 0.176. The molecule has 3 N–H and O–H groups in total. The van der Waals surface area contributed by atoms with Crippen LogP contribution in [0.3, 0.4) is 0 Å². The van der Waals surface area contributed by atoms with Crippen molar-refractivity contribution in [2.75, 3.05) is 13.2 Å². The Morgan fingerprint density at radius 3 is 2.63 bits per heavy atom. The number of hydrogen-bond acceptors (Lipinski definition) is 4. The molecule has 1 aliphatic rings. The molecule has 0 amide bonds. The summed E-state index contributed by atoms with van der Waals surface area (Å²) in [7, 11) is 0. The highest BCUT2D eigenvalue weighted by atomic mass is 16.5. The van der Waals surface area contributed by atoms with E-state index in [1.807, 2.05) is 19.1 Å². The quantitative estimate of drug-likeness (QED) is 0.409. The van der Waals surface area contributed by atoms with Crippen LogP contribution in [-0.4, -0.2) is 19.3 Å². The van der Waals surface area contributed by atoms with Crippen molar-refractivity contribution in [1.29, 1.82) is 0 Å². The molecule has 1 fully saturated rings. The first-order valence-corrected chi connectivity index (χ1v) is 7.14. The monoisotopic (exact) mass is 264 g/mol. The van der Waals surface area contributed by atoms with Crippen LogP contribution in [0.5, 0.6) is 5.75 Å². The lowest BCUT2D eigenvalue weighted by Gasteiger charge is -2.16. The van der Waals surface area contributed by atoms with Crippen LogP contribution in [0, 0.1) is 0 Å². The van der Waals surface area contributed by atoms with Gasteiger partial charge in [-0.3, -0.25) is 11.3 Å². The highest BCUT2D eigenvalue weighted by Gasteiger charge is 2.23. The number of hydrogen-bond donors (Lipinski definition) is 2. The van der Waals surface area contributed by atoms with Gasteiger partial charge in [0.25, 0.3) is 0 Å². The minimum Gasteiger partial charge on any atom is -0.490 e. The fourth-order valence-corrected chi connectivity index (χ4v) is 2.04. The second-order valence-corrected chi connectivity index (χ2v) is 4.94. The summed E-state index contributed by atoms with van der Waals surface area (Å²) in [6.45, 7) is 3.57. The van der Waals surface area contributed by atoms with Gasteiger partial charge >= 0.3 is 0 Å². The van der Waals surface area contributed by atoms with Crippen LogP contribution in [0.1, 0.15) is 44.2 Å². The molecule has 1 saturated carbocycles. The average Bonchev–Trinajstić information content (AvgIpc) is 3.24. The molecule has 1 atom stereocenters. The van der Waals surface area contributed by atoms with Gasteiger partial charge in [0.05, 0.1) is 6.10 Å². The highest BCUT2D eigenvalue weighted by Crippen LogP contribution is 2.28. The van der Waals surface area contributed by atoms with Crippen molar-refractivity contribution >= 4 is 0 Å². The van der Waals surface area contributed by atoms with Crippen molar-refractivity contribution in [3.63, 3.8) is 0 Å². The van der Waals surface area contributed by atoms with Gasteiger partial charge in [0, 0.05) is 19.3 Å². The zero-order valence-electron chi connectivity index (χ0n) is 11.6. The maximum atomic E-state index is 5.74. The van der Waals surface area contributed by atoms with Crippen LogP contribution >= 0.6 is 0 Å². The standard InChI is InChI=1S/C15H24N2O2/c1-2-18-11-3-4-15(17-16)12-5-7-13(8-6-12)19-14-9-10-14/h5-8,14-15,17H,2-4,9-11,16H2,1H3. The van der Waals surface area contributed by atoms with Gasteiger partial charge in [-0.15, -0.1) is 0 Å². The summed E-state index contributed by atoms with van der Waals surface area (Å²) < 4.78 is 11.1. The summed E-state index contributed by atoms with van der Waals surface area (Å²) in [5.74, 6) is 6.58. The molecule has 4 nitrogen and oxygen atoms in total. The predicted octanol–water partition coefficient (Wildman–Crippen LogP) is 2.55. The fraction of sp³-hybridized carbons (Fsp3) is 0.600. The third kappa shape index (κ3) is 4.82. The largest absolute Gasteiger partial charge is 0.490 e. The molecule has 2 rings (SSSR count). The Morgan fingerprint density at radius 2 is 2.05 bits per heavy atom. The Labute approximate surface area is 115 Å². The predicted molar refractivity (Wildman–Crippen MR) is 75.9 cm³/mol. The molecule has 0 spiro atoms. The first-order chi connectivity index (χ1) is 9.33. The van der Waals surface area contributed by atoms with Gasteiger partial charge in [-0.1, -0.05) is 12.1 Å². The van der Waals surface area contributed by atoms with Crippen molar-refractivity contribution in [2.24, 2.45) is 5.84 Å². The molecular weight excluding hydrogens is 240 g/mol. The van der Waals surface area contributed by atoms with Crippen LogP contribution in [0.15, 0.2) is 24.3 Å². The maximum Gasteiger partial charge on any atom is 0.119 e. The van der Waals surface area contributed by atoms with E-state index in [-0.39, 0.29) is 6.04 Å². The lowest BCUT2D eigenvalue weighted by atomic mass is 10.0. The lowest BCUT2D eigenvalue weighted by molar-refractivity contribution is 0.141. The molecule has 4 heteroatoms. The topological polar surface area (TPSA) is 56.5 Å². The highest BCUT2D eigenvalue weighted by molar-refractivity contribution is 5.29. The Balaban J connectivity index is 1.82. The summed E-state index contributed by atoms with van der Waals surface area (Å²) in [5, 5.41) is 0. The van der Waals surface area contributed by atoms with Crippen molar-refractivity contribution in [3.8, 4) is 5.75 Å². The van der Waals surface area contributed by atoms with Crippen LogP contribution < -0.4 is 16.0 Å². The van der Waals surface area contributed by atoms with Crippen molar-refractivity contribution in [3.05, 3.63) is 29.8 Å². The van der Waals surface area contributed by atoms with Gasteiger partial charge in [-0.2, -0.15) is 0 Å². The molecule has 0 aromatic heterocycles. The number of ether oxygens (including phenoxy) is 2. The van der Waals surface area contributed by atoms with E-state index in [2.05, 4.69) is 17.6 Å². The lowest BCUT2D eigenvalue weighted by Crippen LogP contribution is -2.28. The molecule has 19 heavy (non-hydrogen) atoms. The normalized spacial score (nSPS) is 16.3. The van der Waals surface area contributed by atoms with Crippen molar-refractivity contribution in [1.82, 2.24) is 5.43 Å². The maximum absolute atomic E-state index is 5.74. The second-order valence-electron chi connectivity index (χ2n) is 4.94. The Bertz CT molecular complexity index is 363. The fourth-order valence-electron chi connectivity index (χ4n) is 2.04. The zero-order chi connectivity index (χ0) is 13.5. The van der Waals surface area contributed by atoms with E-state index in [4.69, 9.17) is 15.3 Å². The Kier molecular flexibility index (Phi) is 5.63. The van der Waals surface area contributed by atoms with E-state index in [9.17, 15) is 0 Å². The Morgan fingerprint density at radius 1 is 1.32 bits per heavy atom. The van der Waals surface area contributed by atoms with Gasteiger partial charge < -0.3 is 9.47 Å². The molecule has 0 aliphatic heterocycles. The van der Waals surface area contributed by atoms with Gasteiger partial charge in [0.1, 0.15) is 5.75 Å². The molecular formula is C15H24N2O2.